The first-order chi connectivity index (χ1) is 9.76. The first-order valence-electron chi connectivity index (χ1n) is 8.04. The zero-order chi connectivity index (χ0) is 15.5. The zero-order valence-corrected chi connectivity index (χ0v) is 16.9. The van der Waals surface area contributed by atoms with Crippen LogP contribution in [0.15, 0.2) is 0 Å². The van der Waals surface area contributed by atoms with Crippen LogP contribution in [0, 0.1) is 0 Å². The molecule has 0 amide bonds. The van der Waals surface area contributed by atoms with E-state index in [1.807, 2.05) is 23.5 Å². The summed E-state index contributed by atoms with van der Waals surface area (Å²) in [5.41, 5.74) is 0. The Hall–Kier alpha value is 1.01. The van der Waals surface area contributed by atoms with Crippen LogP contribution in [0.4, 0.5) is 0 Å². The number of hydrogen-bond donors (Lipinski definition) is 0. The van der Waals surface area contributed by atoms with Gasteiger partial charge in [0.25, 0.3) is 0 Å². The Morgan fingerprint density at radius 1 is 0.650 bits per heavy atom. The van der Waals surface area contributed by atoms with E-state index in [1.165, 1.54) is 68.3 Å². The van der Waals surface area contributed by atoms with Crippen LogP contribution in [0.3, 0.4) is 0 Å². The van der Waals surface area contributed by atoms with Crippen LogP contribution in [-0.4, -0.2) is 60.1 Å². The summed E-state index contributed by atoms with van der Waals surface area (Å²) in [4.78, 5) is 2.63. The minimum absolute atomic E-state index is 1.28. The molecule has 4 heteroatoms. The summed E-state index contributed by atoms with van der Waals surface area (Å²) in [6.45, 7) is 10.5. The zero-order valence-electron chi connectivity index (χ0n) is 14.5. The normalized spacial score (nSPS) is 10.5. The highest BCUT2D eigenvalue weighted by molar-refractivity contribution is 8.02. The minimum Gasteiger partial charge on any atom is -0.302 e. The quantitative estimate of drug-likeness (QED) is 0.416. The van der Waals surface area contributed by atoms with Crippen molar-refractivity contribution in [2.75, 3.05) is 55.2 Å². The molecule has 0 aliphatic heterocycles. The molecule has 0 unspecified atom stereocenters. The Morgan fingerprint density at radius 2 is 1.30 bits per heavy atom. The molecule has 0 radical (unpaired) electrons. The van der Waals surface area contributed by atoms with Crippen LogP contribution in [-0.2, 0) is 0 Å². The molecular formula is C16H37NS3. The number of unbranched alkanes of at least 4 members (excludes halogenated alkanes) is 1. The topological polar surface area (TPSA) is 3.24 Å². The van der Waals surface area contributed by atoms with E-state index in [9.17, 15) is 0 Å². The van der Waals surface area contributed by atoms with Gasteiger partial charge in [-0.15, -0.1) is 0 Å². The lowest BCUT2D eigenvalue weighted by molar-refractivity contribution is 0.293. The highest BCUT2D eigenvalue weighted by atomic mass is 32.2. The highest BCUT2D eigenvalue weighted by Gasteiger charge is 2.02. The molecule has 0 aliphatic carbocycles. The fourth-order valence-electron chi connectivity index (χ4n) is 1.52. The molecule has 0 aromatic carbocycles. The first-order valence-corrected chi connectivity index (χ1v) is 12.0. The second-order valence-electron chi connectivity index (χ2n) is 4.79. The third-order valence-corrected chi connectivity index (χ3v) is 5.38. The smallest absolute Gasteiger partial charge is 0.00723 e. The molecule has 0 spiro atoms. The van der Waals surface area contributed by atoms with Crippen LogP contribution in [0.1, 0.15) is 46.5 Å². The van der Waals surface area contributed by atoms with Gasteiger partial charge in [0, 0.05) is 23.8 Å². The Morgan fingerprint density at radius 3 is 1.80 bits per heavy atom. The second-order valence-corrected chi connectivity index (χ2v) is 7.99. The van der Waals surface area contributed by atoms with Crippen LogP contribution in [0.25, 0.3) is 0 Å². The standard InChI is InChI=1S/C12H27NS3.C4H10/c1-4-6-13(7-5-9-14-2)8-10-16-12-11-15-3;1-3-4-2/h4-12H2,1-3H3;3-4H2,1-2H3. The van der Waals surface area contributed by atoms with Crippen molar-refractivity contribution in [1.29, 1.82) is 0 Å². The summed E-state index contributed by atoms with van der Waals surface area (Å²) in [7, 11) is 0. The van der Waals surface area contributed by atoms with Crippen LogP contribution < -0.4 is 0 Å². The lowest BCUT2D eigenvalue weighted by Crippen LogP contribution is -2.28. The molecule has 0 atom stereocenters. The van der Waals surface area contributed by atoms with Crippen LogP contribution >= 0.6 is 35.3 Å². The molecule has 0 rings (SSSR count). The van der Waals surface area contributed by atoms with Crippen molar-refractivity contribution in [2.45, 2.75) is 46.5 Å². The summed E-state index contributed by atoms with van der Waals surface area (Å²) < 4.78 is 0. The van der Waals surface area contributed by atoms with Gasteiger partial charge >= 0.3 is 0 Å². The maximum Gasteiger partial charge on any atom is 0.00723 e. The molecule has 20 heavy (non-hydrogen) atoms. The largest absolute Gasteiger partial charge is 0.302 e. The molecular weight excluding hydrogens is 302 g/mol. The molecule has 0 N–H and O–H groups in total. The average molecular weight is 340 g/mol. The van der Waals surface area contributed by atoms with Crippen molar-refractivity contribution in [3.63, 3.8) is 0 Å². The van der Waals surface area contributed by atoms with Crippen LogP contribution in [0.2, 0.25) is 0 Å². The molecule has 0 heterocycles. The first kappa shape index (κ1) is 23.3. The van der Waals surface area contributed by atoms with Crippen LogP contribution in [0.5, 0.6) is 0 Å². The second kappa shape index (κ2) is 22.3. The summed E-state index contributed by atoms with van der Waals surface area (Å²) >= 11 is 6.02. The van der Waals surface area contributed by atoms with Gasteiger partial charge < -0.3 is 4.90 Å². The van der Waals surface area contributed by atoms with Crippen molar-refractivity contribution < 1.29 is 0 Å². The Bertz CT molecular complexity index is 155. The third kappa shape index (κ3) is 21.3. The summed E-state index contributed by atoms with van der Waals surface area (Å²) in [5.74, 6) is 5.22. The third-order valence-electron chi connectivity index (χ3n) is 2.85. The van der Waals surface area contributed by atoms with Gasteiger partial charge in [0.2, 0.25) is 0 Å². The van der Waals surface area contributed by atoms with Gasteiger partial charge in [-0.25, -0.2) is 0 Å². The molecule has 0 saturated carbocycles. The molecule has 1 nitrogen and oxygen atoms in total. The van der Waals surface area contributed by atoms with E-state index in [0.717, 1.165) is 0 Å². The molecule has 0 saturated heterocycles. The predicted molar refractivity (Wildman–Crippen MR) is 106 cm³/mol. The molecule has 0 aromatic heterocycles. The number of hydrogen-bond acceptors (Lipinski definition) is 4. The fraction of sp³-hybridized carbons (Fsp3) is 1.00. The SMILES string of the molecule is CCCC.CCCN(CCCSC)CCSCCSC. The Kier molecular flexibility index (Phi) is 25.9. The molecule has 0 fully saturated rings. The monoisotopic (exact) mass is 339 g/mol. The molecule has 124 valence electrons. The van der Waals surface area contributed by atoms with Gasteiger partial charge in [0.1, 0.15) is 0 Å². The van der Waals surface area contributed by atoms with Crippen molar-refractivity contribution in [3.8, 4) is 0 Å². The van der Waals surface area contributed by atoms with Gasteiger partial charge in [0.05, 0.1) is 0 Å². The van der Waals surface area contributed by atoms with Gasteiger partial charge in [-0.3, -0.25) is 0 Å². The highest BCUT2D eigenvalue weighted by Crippen LogP contribution is 2.06. The van der Waals surface area contributed by atoms with Crippen molar-refractivity contribution in [2.24, 2.45) is 0 Å². The predicted octanol–water partition coefficient (Wildman–Crippen LogP) is 5.35. The van der Waals surface area contributed by atoms with E-state index in [4.69, 9.17) is 0 Å². The lowest BCUT2D eigenvalue weighted by Gasteiger charge is -2.21. The average Bonchev–Trinajstić information content (AvgIpc) is 2.47. The van der Waals surface area contributed by atoms with E-state index >= 15 is 0 Å². The van der Waals surface area contributed by atoms with Crippen molar-refractivity contribution >= 4 is 35.3 Å². The van der Waals surface area contributed by atoms with Gasteiger partial charge in [0.15, 0.2) is 0 Å². The number of nitrogens with zero attached hydrogens (tertiary/aromatic N) is 1. The maximum atomic E-state index is 2.63. The minimum atomic E-state index is 1.28. The van der Waals surface area contributed by atoms with Gasteiger partial charge in [-0.1, -0.05) is 33.6 Å². The maximum absolute atomic E-state index is 2.63. The summed E-state index contributed by atoms with van der Waals surface area (Å²) in [6.07, 6.45) is 9.65. The molecule has 0 aromatic rings. The Balaban J connectivity index is 0. The van der Waals surface area contributed by atoms with E-state index < -0.39 is 0 Å². The van der Waals surface area contributed by atoms with Gasteiger partial charge in [-0.2, -0.15) is 35.3 Å². The number of thioether (sulfide) groups is 3. The van der Waals surface area contributed by atoms with E-state index in [-0.39, 0.29) is 0 Å². The Labute approximate surface area is 141 Å². The van der Waals surface area contributed by atoms with E-state index in [2.05, 4.69) is 49.9 Å². The van der Waals surface area contributed by atoms with Crippen molar-refractivity contribution in [1.82, 2.24) is 4.90 Å². The lowest BCUT2D eigenvalue weighted by atomic mass is 10.3. The van der Waals surface area contributed by atoms with Crippen molar-refractivity contribution in [3.05, 3.63) is 0 Å². The summed E-state index contributed by atoms with van der Waals surface area (Å²) in [5, 5.41) is 0. The van der Waals surface area contributed by atoms with E-state index in [1.54, 1.807) is 0 Å². The fourth-order valence-corrected chi connectivity index (χ4v) is 3.67. The van der Waals surface area contributed by atoms with Gasteiger partial charge in [-0.05, 0) is 44.2 Å². The molecule has 0 bridgehead atoms. The number of rotatable bonds is 13. The molecule has 0 aliphatic rings. The van der Waals surface area contributed by atoms with E-state index in [0.29, 0.717) is 0 Å². The summed E-state index contributed by atoms with van der Waals surface area (Å²) in [6, 6.07) is 0.